The molecule has 0 saturated heterocycles. The zero-order valence-corrected chi connectivity index (χ0v) is 18.2. The Kier molecular flexibility index (Phi) is 5.98. The van der Waals surface area contributed by atoms with E-state index in [4.69, 9.17) is 10.5 Å². The summed E-state index contributed by atoms with van der Waals surface area (Å²) in [7, 11) is 1.63. The third-order valence-corrected chi connectivity index (χ3v) is 5.72. The average molecular weight is 411 g/mol. The number of nitrogens with two attached hydrogens (primary N) is 1. The van der Waals surface area contributed by atoms with Gasteiger partial charge in [-0.1, -0.05) is 56.8 Å². The summed E-state index contributed by atoms with van der Waals surface area (Å²) in [4.78, 5) is 11.6. The molecule has 0 radical (unpaired) electrons. The van der Waals surface area contributed by atoms with Gasteiger partial charge in [0.1, 0.15) is 5.75 Å². The maximum Gasteiger partial charge on any atom is 0.230 e. The first kappa shape index (κ1) is 20.9. The van der Waals surface area contributed by atoms with Crippen LogP contribution in [0, 0.1) is 0 Å². The summed E-state index contributed by atoms with van der Waals surface area (Å²) in [6.07, 6.45) is 0. The summed E-state index contributed by atoms with van der Waals surface area (Å²) < 4.78 is 7.21. The lowest BCUT2D eigenvalue weighted by Crippen LogP contribution is -2.23. The van der Waals surface area contributed by atoms with Crippen LogP contribution in [0.25, 0.3) is 17.1 Å². The second-order valence-electron chi connectivity index (χ2n) is 7.83. The van der Waals surface area contributed by atoms with Crippen LogP contribution in [-0.2, 0) is 10.2 Å². The zero-order chi connectivity index (χ0) is 21.2. The molecule has 29 heavy (non-hydrogen) atoms. The third-order valence-electron chi connectivity index (χ3n) is 4.66. The summed E-state index contributed by atoms with van der Waals surface area (Å²) in [5.74, 6) is 1.07. The molecule has 0 aliphatic carbocycles. The Morgan fingerprint density at radius 2 is 1.69 bits per heavy atom. The molecule has 3 rings (SSSR count). The Labute approximate surface area is 175 Å². The van der Waals surface area contributed by atoms with Gasteiger partial charge in [-0.15, -0.1) is 10.2 Å². The molecular weight excluding hydrogens is 384 g/mol. The van der Waals surface area contributed by atoms with E-state index in [9.17, 15) is 4.79 Å². The summed E-state index contributed by atoms with van der Waals surface area (Å²) in [6.45, 7) is 8.31. The van der Waals surface area contributed by atoms with E-state index in [0.717, 1.165) is 17.0 Å². The number of carbonyl (C=O) groups is 1. The van der Waals surface area contributed by atoms with Gasteiger partial charge in [-0.25, -0.2) is 0 Å². The van der Waals surface area contributed by atoms with Crippen molar-refractivity contribution in [2.75, 3.05) is 7.11 Å². The van der Waals surface area contributed by atoms with Crippen LogP contribution in [0.3, 0.4) is 0 Å². The van der Waals surface area contributed by atoms with Gasteiger partial charge in [-0.05, 0) is 42.2 Å². The van der Waals surface area contributed by atoms with Gasteiger partial charge in [0.15, 0.2) is 11.0 Å². The molecule has 1 amide bonds. The van der Waals surface area contributed by atoms with Crippen LogP contribution in [-0.4, -0.2) is 33.0 Å². The SMILES string of the molecule is COc1ccc(-n2c(SC(C)C(N)=O)nnc2-c2ccc(C(C)(C)C)cc2)cc1. The van der Waals surface area contributed by atoms with Crippen molar-refractivity contribution in [3.05, 3.63) is 54.1 Å². The number of hydrogen-bond acceptors (Lipinski definition) is 5. The summed E-state index contributed by atoms with van der Waals surface area (Å²) in [6, 6.07) is 16.0. The highest BCUT2D eigenvalue weighted by Crippen LogP contribution is 2.32. The van der Waals surface area contributed by atoms with Crippen LogP contribution in [0.5, 0.6) is 5.75 Å². The van der Waals surface area contributed by atoms with E-state index in [1.807, 2.05) is 28.8 Å². The maximum atomic E-state index is 11.6. The van der Waals surface area contributed by atoms with Gasteiger partial charge in [0.05, 0.1) is 12.4 Å². The molecule has 0 aliphatic heterocycles. The third kappa shape index (κ3) is 4.62. The predicted molar refractivity (Wildman–Crippen MR) is 117 cm³/mol. The van der Waals surface area contributed by atoms with Crippen LogP contribution < -0.4 is 10.5 Å². The van der Waals surface area contributed by atoms with E-state index in [0.29, 0.717) is 11.0 Å². The van der Waals surface area contributed by atoms with Crippen LogP contribution in [0.2, 0.25) is 0 Å². The van der Waals surface area contributed by atoms with Gasteiger partial charge in [0.25, 0.3) is 0 Å². The molecule has 6 nitrogen and oxygen atoms in total. The van der Waals surface area contributed by atoms with E-state index >= 15 is 0 Å². The van der Waals surface area contributed by atoms with Crippen LogP contribution >= 0.6 is 11.8 Å². The first-order chi connectivity index (χ1) is 13.7. The quantitative estimate of drug-likeness (QED) is 0.616. The van der Waals surface area contributed by atoms with Crippen molar-refractivity contribution in [3.8, 4) is 22.8 Å². The van der Waals surface area contributed by atoms with Gasteiger partial charge in [-0.3, -0.25) is 9.36 Å². The first-order valence-electron chi connectivity index (χ1n) is 9.37. The fraction of sp³-hybridized carbons (Fsp3) is 0.318. The van der Waals surface area contributed by atoms with Crippen LogP contribution in [0.15, 0.2) is 53.7 Å². The smallest absolute Gasteiger partial charge is 0.230 e. The number of methoxy groups -OCH3 is 1. The Hall–Kier alpha value is -2.80. The van der Waals surface area contributed by atoms with Crippen molar-refractivity contribution < 1.29 is 9.53 Å². The van der Waals surface area contributed by atoms with Crippen molar-refractivity contribution in [2.45, 2.75) is 43.5 Å². The largest absolute Gasteiger partial charge is 0.497 e. The lowest BCUT2D eigenvalue weighted by atomic mass is 9.87. The average Bonchev–Trinajstić information content (AvgIpc) is 3.10. The predicted octanol–water partition coefficient (Wildman–Crippen LogP) is 4.21. The normalized spacial score (nSPS) is 12.6. The zero-order valence-electron chi connectivity index (χ0n) is 17.3. The molecule has 1 aromatic heterocycles. The summed E-state index contributed by atoms with van der Waals surface area (Å²) in [5, 5.41) is 8.94. The monoisotopic (exact) mass is 410 g/mol. The number of ether oxygens (including phenoxy) is 1. The summed E-state index contributed by atoms with van der Waals surface area (Å²) in [5.41, 5.74) is 8.59. The van der Waals surface area contributed by atoms with Gasteiger partial charge in [-0.2, -0.15) is 0 Å². The van der Waals surface area contributed by atoms with Crippen molar-refractivity contribution >= 4 is 17.7 Å². The van der Waals surface area contributed by atoms with Gasteiger partial charge >= 0.3 is 0 Å². The van der Waals surface area contributed by atoms with E-state index in [-0.39, 0.29) is 5.41 Å². The highest BCUT2D eigenvalue weighted by atomic mass is 32.2. The molecule has 0 aliphatic rings. The van der Waals surface area contributed by atoms with Crippen molar-refractivity contribution in [1.29, 1.82) is 0 Å². The molecule has 1 heterocycles. The molecule has 7 heteroatoms. The van der Waals surface area contributed by atoms with Crippen LogP contribution in [0.1, 0.15) is 33.3 Å². The highest BCUT2D eigenvalue weighted by molar-refractivity contribution is 8.00. The second-order valence-corrected chi connectivity index (χ2v) is 9.14. The lowest BCUT2D eigenvalue weighted by Gasteiger charge is -2.19. The van der Waals surface area contributed by atoms with E-state index in [1.54, 1.807) is 14.0 Å². The van der Waals surface area contributed by atoms with Crippen molar-refractivity contribution in [3.63, 3.8) is 0 Å². The minimum atomic E-state index is -0.424. The second kappa shape index (κ2) is 8.29. The standard InChI is InChI=1S/C22H26N4O2S/c1-14(19(23)27)29-21-25-24-20(15-6-8-16(9-7-15)22(2,3)4)26(21)17-10-12-18(28-5)13-11-17/h6-14H,1-5H3,(H2,23,27). The number of thioether (sulfide) groups is 1. The van der Waals surface area contributed by atoms with Crippen LogP contribution in [0.4, 0.5) is 0 Å². The number of nitrogens with zero attached hydrogens (tertiary/aromatic N) is 3. The molecule has 3 aromatic rings. The fourth-order valence-corrected chi connectivity index (χ4v) is 3.65. The van der Waals surface area contributed by atoms with E-state index in [2.05, 4.69) is 55.2 Å². The van der Waals surface area contributed by atoms with Gasteiger partial charge < -0.3 is 10.5 Å². The molecule has 0 fully saturated rings. The molecule has 152 valence electrons. The number of rotatable bonds is 6. The highest BCUT2D eigenvalue weighted by Gasteiger charge is 2.21. The number of primary amides is 1. The van der Waals surface area contributed by atoms with E-state index < -0.39 is 11.2 Å². The molecule has 2 N–H and O–H groups in total. The van der Waals surface area contributed by atoms with Crippen molar-refractivity contribution in [2.24, 2.45) is 5.73 Å². The van der Waals surface area contributed by atoms with Gasteiger partial charge in [0, 0.05) is 11.3 Å². The summed E-state index contributed by atoms with van der Waals surface area (Å²) >= 11 is 1.29. The number of carbonyl (C=O) groups excluding carboxylic acids is 1. The Balaban J connectivity index is 2.09. The molecule has 1 unspecified atom stereocenters. The van der Waals surface area contributed by atoms with Gasteiger partial charge in [0.2, 0.25) is 5.91 Å². The molecule has 0 saturated carbocycles. The number of benzene rings is 2. The molecule has 0 bridgehead atoms. The lowest BCUT2D eigenvalue weighted by molar-refractivity contribution is -0.117. The van der Waals surface area contributed by atoms with Crippen molar-refractivity contribution in [1.82, 2.24) is 14.8 Å². The Morgan fingerprint density at radius 1 is 1.07 bits per heavy atom. The Bertz CT molecular complexity index is 989. The first-order valence-corrected chi connectivity index (χ1v) is 10.3. The molecule has 2 aromatic carbocycles. The minimum absolute atomic E-state index is 0.0696. The Morgan fingerprint density at radius 3 is 2.21 bits per heavy atom. The number of amides is 1. The number of aromatic nitrogens is 3. The topological polar surface area (TPSA) is 83.0 Å². The maximum absolute atomic E-state index is 11.6. The minimum Gasteiger partial charge on any atom is -0.497 e. The fourth-order valence-electron chi connectivity index (χ4n) is 2.83. The molecule has 0 spiro atoms. The number of hydrogen-bond donors (Lipinski definition) is 1. The van der Waals surface area contributed by atoms with E-state index in [1.165, 1.54) is 17.3 Å². The molecule has 1 atom stereocenters. The molecular formula is C22H26N4O2S.